The van der Waals surface area contributed by atoms with Crippen LogP contribution in [-0.2, 0) is 11.0 Å². The van der Waals surface area contributed by atoms with Crippen molar-refractivity contribution in [1.29, 1.82) is 5.41 Å². The van der Waals surface area contributed by atoms with E-state index in [9.17, 15) is 18.0 Å². The molecule has 23 heavy (non-hydrogen) atoms. The minimum absolute atomic E-state index is 0.00336. The summed E-state index contributed by atoms with van der Waals surface area (Å²) in [6, 6.07) is 0.836. The minimum Gasteiger partial charge on any atom is -0.481 e. The molecule has 0 radical (unpaired) electrons. The molecule has 1 aromatic rings. The molecule has 1 fully saturated rings. The fourth-order valence-electron chi connectivity index (χ4n) is 2.26. The Kier molecular flexibility index (Phi) is 4.98. The largest absolute Gasteiger partial charge is 0.481 e. The summed E-state index contributed by atoms with van der Waals surface area (Å²) in [5, 5.41) is 16.3. The maximum Gasteiger partial charge on any atom is 0.417 e. The predicted molar refractivity (Wildman–Crippen MR) is 78.0 cm³/mol. The first-order chi connectivity index (χ1) is 10.7. The van der Waals surface area contributed by atoms with E-state index in [0.29, 0.717) is 26.2 Å². The number of alkyl halides is 3. The van der Waals surface area contributed by atoms with Gasteiger partial charge in [0.15, 0.2) is 0 Å². The average molecular weight is 351 g/mol. The van der Waals surface area contributed by atoms with Crippen molar-refractivity contribution in [3.63, 3.8) is 0 Å². The number of halogens is 4. The summed E-state index contributed by atoms with van der Waals surface area (Å²) in [7, 11) is 0. The molecule has 1 saturated heterocycles. The number of hydrogen-bond acceptors (Lipinski definition) is 4. The lowest BCUT2D eigenvalue weighted by Crippen LogP contribution is -2.49. The number of amidine groups is 1. The van der Waals surface area contributed by atoms with Crippen LogP contribution in [0.3, 0.4) is 0 Å². The van der Waals surface area contributed by atoms with Gasteiger partial charge in [0.05, 0.1) is 10.6 Å². The van der Waals surface area contributed by atoms with Crippen LogP contribution in [0, 0.1) is 5.41 Å². The first-order valence-corrected chi connectivity index (χ1v) is 7.08. The summed E-state index contributed by atoms with van der Waals surface area (Å²) in [4.78, 5) is 17.7. The molecule has 2 heterocycles. The number of anilines is 1. The molecule has 2 rings (SSSR count). The highest BCUT2D eigenvalue weighted by molar-refractivity contribution is 6.33. The van der Waals surface area contributed by atoms with Gasteiger partial charge >= 0.3 is 12.1 Å². The highest BCUT2D eigenvalue weighted by Gasteiger charge is 2.32. The van der Waals surface area contributed by atoms with Gasteiger partial charge in [0.2, 0.25) is 0 Å². The molecule has 2 N–H and O–H groups in total. The zero-order chi connectivity index (χ0) is 17.2. The van der Waals surface area contributed by atoms with E-state index in [1.807, 2.05) is 0 Å². The van der Waals surface area contributed by atoms with Gasteiger partial charge in [-0.25, -0.2) is 4.98 Å². The molecule has 6 nitrogen and oxygen atoms in total. The zero-order valence-electron chi connectivity index (χ0n) is 11.9. The number of nitrogens with zero attached hydrogens (tertiary/aromatic N) is 3. The lowest BCUT2D eigenvalue weighted by atomic mass is 10.2. The molecule has 10 heteroatoms. The van der Waals surface area contributed by atoms with E-state index in [-0.39, 0.29) is 23.1 Å². The van der Waals surface area contributed by atoms with Crippen LogP contribution in [0.5, 0.6) is 0 Å². The molecule has 0 amide bonds. The van der Waals surface area contributed by atoms with Crippen LogP contribution in [0.1, 0.15) is 12.0 Å². The van der Waals surface area contributed by atoms with Crippen LogP contribution >= 0.6 is 11.6 Å². The Hall–Kier alpha value is -2.03. The van der Waals surface area contributed by atoms with E-state index in [2.05, 4.69) is 4.98 Å². The van der Waals surface area contributed by atoms with E-state index >= 15 is 0 Å². The number of rotatable bonds is 3. The van der Waals surface area contributed by atoms with Crippen molar-refractivity contribution >= 4 is 29.2 Å². The van der Waals surface area contributed by atoms with Gasteiger partial charge in [-0.05, 0) is 6.07 Å². The van der Waals surface area contributed by atoms with Gasteiger partial charge in [0, 0.05) is 32.4 Å². The van der Waals surface area contributed by atoms with Gasteiger partial charge < -0.3 is 14.9 Å². The Morgan fingerprint density at radius 2 is 1.96 bits per heavy atom. The Balaban J connectivity index is 2.03. The Bertz CT molecular complexity index is 616. The van der Waals surface area contributed by atoms with Crippen LogP contribution in [0.25, 0.3) is 0 Å². The second kappa shape index (κ2) is 6.61. The van der Waals surface area contributed by atoms with Crippen molar-refractivity contribution in [2.24, 2.45) is 0 Å². The van der Waals surface area contributed by atoms with Gasteiger partial charge in [-0.3, -0.25) is 10.2 Å². The molecule has 0 saturated carbocycles. The lowest BCUT2D eigenvalue weighted by molar-refractivity contribution is -0.138. The average Bonchev–Trinajstić information content (AvgIpc) is 2.45. The molecular formula is C13H14ClF3N4O2. The molecule has 0 bridgehead atoms. The highest BCUT2D eigenvalue weighted by Crippen LogP contribution is 2.33. The normalized spacial score (nSPS) is 15.7. The number of nitrogens with one attached hydrogen (secondary N) is 1. The molecule has 126 valence electrons. The highest BCUT2D eigenvalue weighted by atomic mass is 35.5. The standard InChI is InChI=1S/C13H14ClF3N4O2/c14-9-5-8(13(15,16)17)7-19-12(9)21-3-1-20(2-4-21)10(18)6-11(22)23/h5,7,18H,1-4,6H2,(H,22,23). The summed E-state index contributed by atoms with van der Waals surface area (Å²) < 4.78 is 37.8. The maximum absolute atomic E-state index is 12.6. The second-order valence-corrected chi connectivity index (χ2v) is 5.43. The van der Waals surface area contributed by atoms with Gasteiger partial charge in [-0.2, -0.15) is 13.2 Å². The molecule has 0 aliphatic carbocycles. The number of aliphatic carboxylic acids is 1. The third-order valence-electron chi connectivity index (χ3n) is 3.43. The summed E-state index contributed by atoms with van der Waals surface area (Å²) in [5.41, 5.74) is -0.909. The Labute approximate surface area is 135 Å². The minimum atomic E-state index is -4.50. The molecule has 0 spiro atoms. The van der Waals surface area contributed by atoms with E-state index in [0.717, 1.165) is 12.3 Å². The topological polar surface area (TPSA) is 80.5 Å². The summed E-state index contributed by atoms with van der Waals surface area (Å²) in [6.45, 7) is 1.54. The first-order valence-electron chi connectivity index (χ1n) is 6.70. The van der Waals surface area contributed by atoms with Gasteiger partial charge in [0.25, 0.3) is 0 Å². The van der Waals surface area contributed by atoms with Crippen molar-refractivity contribution in [3.05, 3.63) is 22.8 Å². The quantitative estimate of drug-likeness (QED) is 0.646. The van der Waals surface area contributed by atoms with E-state index in [4.69, 9.17) is 22.1 Å². The van der Waals surface area contributed by atoms with Gasteiger partial charge in [0.1, 0.15) is 18.1 Å². The number of aromatic nitrogens is 1. The maximum atomic E-state index is 12.6. The fourth-order valence-corrected chi connectivity index (χ4v) is 2.55. The number of carboxylic acids is 1. The summed E-state index contributed by atoms with van der Waals surface area (Å²) in [5.74, 6) is -0.822. The molecule has 1 aliphatic rings. The van der Waals surface area contributed by atoms with Crippen LogP contribution in [0.2, 0.25) is 5.02 Å². The summed E-state index contributed by atoms with van der Waals surface area (Å²) >= 11 is 5.90. The smallest absolute Gasteiger partial charge is 0.417 e. The number of carbonyl (C=O) groups is 1. The molecule has 0 aromatic carbocycles. The van der Waals surface area contributed by atoms with Crippen molar-refractivity contribution < 1.29 is 23.1 Å². The third-order valence-corrected chi connectivity index (χ3v) is 3.71. The second-order valence-electron chi connectivity index (χ2n) is 5.02. The number of piperazine rings is 1. The molecule has 0 unspecified atom stereocenters. The summed E-state index contributed by atoms with van der Waals surface area (Å²) in [6.07, 6.45) is -4.13. The zero-order valence-corrected chi connectivity index (χ0v) is 12.7. The molecule has 1 aliphatic heterocycles. The van der Waals surface area contributed by atoms with E-state index in [1.54, 1.807) is 9.80 Å². The monoisotopic (exact) mass is 350 g/mol. The Morgan fingerprint density at radius 3 is 2.43 bits per heavy atom. The van der Waals surface area contributed by atoms with Crippen molar-refractivity contribution in [3.8, 4) is 0 Å². The van der Waals surface area contributed by atoms with Gasteiger partial charge in [-0.1, -0.05) is 11.6 Å². The number of carboxylic acid groups (broad SMARTS) is 1. The van der Waals surface area contributed by atoms with Crippen LogP contribution < -0.4 is 4.90 Å². The van der Waals surface area contributed by atoms with Gasteiger partial charge in [-0.15, -0.1) is 0 Å². The van der Waals surface area contributed by atoms with E-state index < -0.39 is 17.7 Å². The van der Waals surface area contributed by atoms with Crippen LogP contribution in [-0.4, -0.2) is 53.0 Å². The number of hydrogen-bond donors (Lipinski definition) is 2. The lowest BCUT2D eigenvalue weighted by Gasteiger charge is -2.36. The van der Waals surface area contributed by atoms with E-state index in [1.165, 1.54) is 0 Å². The van der Waals surface area contributed by atoms with Crippen molar-refractivity contribution in [1.82, 2.24) is 9.88 Å². The SMILES string of the molecule is N=C(CC(=O)O)N1CCN(c2ncc(C(F)(F)F)cc2Cl)CC1. The van der Waals surface area contributed by atoms with Crippen LogP contribution in [0.15, 0.2) is 12.3 Å². The fraction of sp³-hybridized carbons (Fsp3) is 0.462. The van der Waals surface area contributed by atoms with Crippen LogP contribution in [0.4, 0.5) is 19.0 Å². The first kappa shape index (κ1) is 17.3. The predicted octanol–water partition coefficient (Wildman–Crippen LogP) is 2.33. The third kappa shape index (κ3) is 4.25. The molecular weight excluding hydrogens is 337 g/mol. The Morgan fingerprint density at radius 1 is 1.35 bits per heavy atom. The van der Waals surface area contributed by atoms with Crippen molar-refractivity contribution in [2.75, 3.05) is 31.1 Å². The number of pyridine rings is 1. The molecule has 1 aromatic heterocycles. The molecule has 0 atom stereocenters. The van der Waals surface area contributed by atoms with Crippen molar-refractivity contribution in [2.45, 2.75) is 12.6 Å².